The van der Waals surface area contributed by atoms with E-state index >= 15 is 0 Å². The molecule has 0 radical (unpaired) electrons. The third-order valence-electron chi connectivity index (χ3n) is 5.02. The minimum atomic E-state index is -2.93. The van der Waals surface area contributed by atoms with Crippen LogP contribution >= 0.6 is 10.7 Å². The predicted octanol–water partition coefficient (Wildman–Crippen LogP) is 3.97. The summed E-state index contributed by atoms with van der Waals surface area (Å²) in [7, 11) is 0. The number of carbonyl (C=O) groups excluding carboxylic acids is 2. The third-order valence-corrected chi connectivity index (χ3v) is 73.6. The van der Waals surface area contributed by atoms with Crippen molar-refractivity contribution in [3.05, 3.63) is 0 Å². The van der Waals surface area contributed by atoms with Gasteiger partial charge in [-0.3, -0.25) is 0 Å². The van der Waals surface area contributed by atoms with Crippen molar-refractivity contribution < 1.29 is 24.6 Å². The van der Waals surface area contributed by atoms with E-state index in [9.17, 15) is 9.59 Å². The van der Waals surface area contributed by atoms with Crippen molar-refractivity contribution in [1.82, 2.24) is 0 Å². The first-order chi connectivity index (χ1) is 8.99. The zero-order chi connectivity index (χ0) is 15.2. The van der Waals surface area contributed by atoms with E-state index in [-0.39, 0.29) is 0 Å². The van der Waals surface area contributed by atoms with Crippen molar-refractivity contribution in [2.45, 2.75) is 41.5 Å². The normalized spacial score (nSPS) is 15.9. The molecule has 0 rings (SSSR count). The summed E-state index contributed by atoms with van der Waals surface area (Å²) < 4.78 is 2.57. The number of hydrogen-bond donors (Lipinski definition) is 0. The second-order valence-corrected chi connectivity index (χ2v) is 44.2. The van der Waals surface area contributed by atoms with Crippen LogP contribution in [0.4, 0.5) is 0 Å². The summed E-state index contributed by atoms with van der Waals surface area (Å²) in [6, 6.07) is 0. The van der Waals surface area contributed by atoms with E-state index in [4.69, 9.17) is 0 Å². The van der Waals surface area contributed by atoms with Crippen molar-refractivity contribution in [1.29, 1.82) is 0 Å². The summed E-state index contributed by atoms with van der Waals surface area (Å²) in [5, 5.41) is -3.38. The van der Waals surface area contributed by atoms with E-state index in [0.29, 0.717) is 0 Å². The van der Waals surface area contributed by atoms with Gasteiger partial charge >= 0.3 is 123 Å². The van der Waals surface area contributed by atoms with Gasteiger partial charge in [0.1, 0.15) is 0 Å². The van der Waals surface area contributed by atoms with Crippen molar-refractivity contribution >= 4 is 20.1 Å². The number of rotatable bonds is 10. The summed E-state index contributed by atoms with van der Waals surface area (Å²) in [4.78, 5) is 24.4. The minimum absolute atomic E-state index is 1.13. The van der Waals surface area contributed by atoms with E-state index in [0.717, 1.165) is 37.0 Å². The molecule has 0 aromatic rings. The molecule has 0 amide bonds. The molecule has 19 heavy (non-hydrogen) atoms. The Labute approximate surface area is 123 Å². The molecule has 0 fully saturated rings. The predicted molar refractivity (Wildman–Crippen MR) is 93.4 cm³/mol. The van der Waals surface area contributed by atoms with Gasteiger partial charge in [-0.05, 0) is 0 Å². The molecule has 0 aliphatic heterocycles. The molecular formula is C14H34O2P2Pt. The van der Waals surface area contributed by atoms with Crippen LogP contribution in [0, 0.1) is 0 Å². The van der Waals surface area contributed by atoms with Crippen LogP contribution in [-0.4, -0.2) is 46.3 Å². The maximum absolute atomic E-state index is 12.2. The van der Waals surface area contributed by atoms with Crippen molar-refractivity contribution in [3.63, 3.8) is 0 Å². The fourth-order valence-corrected chi connectivity index (χ4v) is 82.3. The Hall–Kier alpha value is 0.888. The standard InChI is InChI=1S/2C6H15P.2CHO.Pt/c2*1-4-7(5-2)6-3;2*1-2;/h2*4-6H2,1-3H3;2*1H;/q;;;;-2/p+2. The first-order valence-corrected chi connectivity index (χ1v) is 21.8. The molecule has 0 aliphatic rings. The van der Waals surface area contributed by atoms with Crippen LogP contribution in [0.2, 0.25) is 0 Å². The van der Waals surface area contributed by atoms with Gasteiger partial charge in [0, 0.05) is 0 Å². The van der Waals surface area contributed by atoms with Crippen LogP contribution in [0.25, 0.3) is 0 Å². The van der Waals surface area contributed by atoms with E-state index in [1.807, 2.05) is 0 Å². The summed E-state index contributed by atoms with van der Waals surface area (Å²) in [5.41, 5.74) is 0. The molecule has 0 heterocycles. The zero-order valence-corrected chi connectivity index (χ0v) is 17.8. The fraction of sp³-hybridized carbons (Fsp3) is 0.857. The van der Waals surface area contributed by atoms with Crippen molar-refractivity contribution in [2.75, 3.05) is 37.0 Å². The molecule has 0 N–H and O–H groups in total. The number of hydrogen-bond acceptors (Lipinski definition) is 2. The van der Waals surface area contributed by atoms with Crippen LogP contribution < -0.4 is 0 Å². The molecule has 5 heteroatoms. The van der Waals surface area contributed by atoms with E-state index in [1.54, 1.807) is 0 Å². The molecule has 122 valence electrons. The van der Waals surface area contributed by atoms with Crippen molar-refractivity contribution in [2.24, 2.45) is 0 Å². The quantitative estimate of drug-likeness (QED) is 0.343. The molecular weight excluding hydrogens is 457 g/mol. The van der Waals surface area contributed by atoms with Gasteiger partial charge in [-0.1, -0.05) is 0 Å². The molecule has 0 aliphatic carbocycles. The average Bonchev–Trinajstić information content (AvgIpc) is 2.49. The molecule has 0 unspecified atom stereocenters. The molecule has 0 bridgehead atoms. The Balaban J connectivity index is 6.25. The monoisotopic (exact) mass is 491 g/mol. The first kappa shape index (κ1) is 19.9. The summed E-state index contributed by atoms with van der Waals surface area (Å²) >= 11 is -2.93. The Morgan fingerprint density at radius 1 is 0.632 bits per heavy atom. The van der Waals surface area contributed by atoms with Gasteiger partial charge in [0.2, 0.25) is 0 Å². The van der Waals surface area contributed by atoms with Crippen molar-refractivity contribution in [3.8, 4) is 0 Å². The molecule has 0 saturated heterocycles. The molecule has 0 saturated carbocycles. The Bertz CT molecular complexity index is 253. The van der Waals surface area contributed by atoms with Gasteiger partial charge in [0.05, 0.1) is 0 Å². The third kappa shape index (κ3) is 2.93. The molecule has 2 nitrogen and oxygen atoms in total. The zero-order valence-electron chi connectivity index (χ0n) is 13.5. The van der Waals surface area contributed by atoms with E-state index in [2.05, 4.69) is 41.5 Å². The molecule has 0 spiro atoms. The van der Waals surface area contributed by atoms with Gasteiger partial charge in [0.15, 0.2) is 0 Å². The molecule has 0 aromatic carbocycles. The van der Waals surface area contributed by atoms with E-state index in [1.165, 1.54) is 9.35 Å². The second-order valence-electron chi connectivity index (χ2n) is 4.99. The second kappa shape index (κ2) is 8.36. The van der Waals surface area contributed by atoms with Crippen LogP contribution in [0.1, 0.15) is 41.5 Å². The van der Waals surface area contributed by atoms with Gasteiger partial charge < -0.3 is 0 Å². The fourth-order valence-electron chi connectivity index (χ4n) is 3.30. The van der Waals surface area contributed by atoms with Gasteiger partial charge in [0.25, 0.3) is 0 Å². The SMILES string of the molecule is CC[PH](CC)(CC)[Pt]([CH]=O)([CH]=O)[PH](CC)(CC)CC. The summed E-state index contributed by atoms with van der Waals surface area (Å²) in [5.74, 6) is 0. The first-order valence-electron chi connectivity index (χ1n) is 7.52. The Kier molecular flexibility index (Phi) is 8.75. The summed E-state index contributed by atoms with van der Waals surface area (Å²) in [6.07, 6.45) is 6.77. The topological polar surface area (TPSA) is 34.1 Å². The van der Waals surface area contributed by atoms with Gasteiger partial charge in [-0.2, -0.15) is 0 Å². The van der Waals surface area contributed by atoms with Crippen LogP contribution in [0.15, 0.2) is 0 Å². The Morgan fingerprint density at radius 3 is 0.947 bits per heavy atom. The molecule has 0 aromatic heterocycles. The molecule has 0 atom stereocenters. The average molecular weight is 491 g/mol. The van der Waals surface area contributed by atoms with Gasteiger partial charge in [-0.25, -0.2) is 0 Å². The number of carbonyl (C=O) groups is 2. The Morgan fingerprint density at radius 2 is 0.842 bits per heavy atom. The maximum atomic E-state index is 12.2. The van der Waals surface area contributed by atoms with Crippen LogP contribution in [0.5, 0.6) is 0 Å². The van der Waals surface area contributed by atoms with E-state index < -0.39 is 25.8 Å². The summed E-state index contributed by atoms with van der Waals surface area (Å²) in [6.45, 7) is 13.4. The van der Waals surface area contributed by atoms with Crippen LogP contribution in [-0.2, 0) is 24.6 Å². The van der Waals surface area contributed by atoms with Gasteiger partial charge in [-0.15, -0.1) is 0 Å². The van der Waals surface area contributed by atoms with Crippen LogP contribution in [0.3, 0.4) is 0 Å².